The molecule has 0 fully saturated rings. The van der Waals surface area contributed by atoms with Gasteiger partial charge in [-0.05, 0) is 32.4 Å². The first-order valence-electron chi connectivity index (χ1n) is 6.35. The minimum Gasteiger partial charge on any atom is -0.382 e. The van der Waals surface area contributed by atoms with E-state index in [1.165, 1.54) is 6.07 Å². The second kappa shape index (κ2) is 8.20. The standard InChI is InChI=1S/C14H22FNO/c1-3-10-16-14(9-11-17-4-2)12-7-5-6-8-13(12)15/h5-8,14,16H,3-4,9-11H2,1-2H3. The Hall–Kier alpha value is -0.930. The maximum Gasteiger partial charge on any atom is 0.127 e. The van der Waals surface area contributed by atoms with Crippen molar-refractivity contribution < 1.29 is 9.13 Å². The summed E-state index contributed by atoms with van der Waals surface area (Å²) in [6.45, 7) is 6.33. The first-order chi connectivity index (χ1) is 8.29. The number of hydrogen-bond acceptors (Lipinski definition) is 2. The molecule has 0 aliphatic heterocycles. The highest BCUT2D eigenvalue weighted by Gasteiger charge is 2.14. The molecule has 0 heterocycles. The topological polar surface area (TPSA) is 21.3 Å². The van der Waals surface area contributed by atoms with Gasteiger partial charge < -0.3 is 10.1 Å². The van der Waals surface area contributed by atoms with Crippen molar-refractivity contribution in [3.63, 3.8) is 0 Å². The van der Waals surface area contributed by atoms with Crippen LogP contribution in [0, 0.1) is 5.82 Å². The van der Waals surface area contributed by atoms with Gasteiger partial charge in [-0.25, -0.2) is 4.39 Å². The van der Waals surface area contributed by atoms with E-state index in [1.807, 2.05) is 19.1 Å². The SMILES string of the molecule is CCCNC(CCOCC)c1ccccc1F. The van der Waals surface area contributed by atoms with E-state index in [0.717, 1.165) is 24.9 Å². The molecule has 2 nitrogen and oxygen atoms in total. The Labute approximate surface area is 103 Å². The molecule has 0 aromatic heterocycles. The van der Waals surface area contributed by atoms with Crippen molar-refractivity contribution in [2.45, 2.75) is 32.7 Å². The Bertz CT molecular complexity index is 317. The van der Waals surface area contributed by atoms with Crippen molar-refractivity contribution in [2.75, 3.05) is 19.8 Å². The first-order valence-corrected chi connectivity index (χ1v) is 6.35. The molecule has 1 aromatic carbocycles. The number of ether oxygens (including phenoxy) is 1. The minimum atomic E-state index is -0.141. The second-order valence-corrected chi connectivity index (χ2v) is 4.01. The summed E-state index contributed by atoms with van der Waals surface area (Å²) < 4.78 is 19.0. The molecule has 0 saturated heterocycles. The van der Waals surface area contributed by atoms with E-state index in [9.17, 15) is 4.39 Å². The fourth-order valence-corrected chi connectivity index (χ4v) is 1.79. The molecule has 1 aromatic rings. The highest BCUT2D eigenvalue weighted by Crippen LogP contribution is 2.20. The van der Waals surface area contributed by atoms with Crippen molar-refractivity contribution >= 4 is 0 Å². The Morgan fingerprint density at radius 2 is 2.06 bits per heavy atom. The van der Waals surface area contributed by atoms with Gasteiger partial charge in [-0.1, -0.05) is 25.1 Å². The average molecular weight is 239 g/mol. The van der Waals surface area contributed by atoms with Gasteiger partial charge in [0.15, 0.2) is 0 Å². The van der Waals surface area contributed by atoms with Gasteiger partial charge in [0.1, 0.15) is 5.82 Å². The minimum absolute atomic E-state index is 0.0442. The van der Waals surface area contributed by atoms with Crippen molar-refractivity contribution in [1.29, 1.82) is 0 Å². The highest BCUT2D eigenvalue weighted by molar-refractivity contribution is 5.21. The van der Waals surface area contributed by atoms with Gasteiger partial charge in [-0.2, -0.15) is 0 Å². The Kier molecular flexibility index (Phi) is 6.82. The van der Waals surface area contributed by atoms with Crippen LogP contribution in [-0.2, 0) is 4.74 Å². The molecular formula is C14H22FNO. The molecule has 0 bridgehead atoms. The van der Waals surface area contributed by atoms with Gasteiger partial charge in [0.2, 0.25) is 0 Å². The average Bonchev–Trinajstić information content (AvgIpc) is 2.35. The van der Waals surface area contributed by atoms with Gasteiger partial charge in [0, 0.05) is 24.8 Å². The van der Waals surface area contributed by atoms with Crippen molar-refractivity contribution in [2.24, 2.45) is 0 Å². The summed E-state index contributed by atoms with van der Waals surface area (Å²) in [5.74, 6) is -0.141. The van der Waals surface area contributed by atoms with Crippen LogP contribution in [0.4, 0.5) is 4.39 Å². The smallest absolute Gasteiger partial charge is 0.127 e. The molecular weight excluding hydrogens is 217 g/mol. The third kappa shape index (κ3) is 4.84. The lowest BCUT2D eigenvalue weighted by atomic mass is 10.0. The summed E-state index contributed by atoms with van der Waals surface area (Å²) in [5, 5.41) is 3.37. The second-order valence-electron chi connectivity index (χ2n) is 4.01. The van der Waals surface area contributed by atoms with Gasteiger partial charge in [0.05, 0.1) is 0 Å². The maximum atomic E-state index is 13.7. The lowest BCUT2D eigenvalue weighted by Gasteiger charge is -2.19. The molecule has 0 spiro atoms. The monoisotopic (exact) mass is 239 g/mol. The zero-order valence-electron chi connectivity index (χ0n) is 10.7. The van der Waals surface area contributed by atoms with E-state index < -0.39 is 0 Å². The lowest BCUT2D eigenvalue weighted by molar-refractivity contribution is 0.136. The molecule has 3 heteroatoms. The van der Waals surface area contributed by atoms with Gasteiger partial charge in [-0.15, -0.1) is 0 Å². The number of nitrogens with one attached hydrogen (secondary N) is 1. The molecule has 17 heavy (non-hydrogen) atoms. The van der Waals surface area contributed by atoms with E-state index >= 15 is 0 Å². The zero-order chi connectivity index (χ0) is 12.5. The van der Waals surface area contributed by atoms with Crippen LogP contribution in [0.1, 0.15) is 38.3 Å². The third-order valence-corrected chi connectivity index (χ3v) is 2.68. The fourth-order valence-electron chi connectivity index (χ4n) is 1.79. The van der Waals surface area contributed by atoms with Crippen LogP contribution in [0.15, 0.2) is 24.3 Å². The van der Waals surface area contributed by atoms with E-state index in [0.29, 0.717) is 13.2 Å². The number of benzene rings is 1. The lowest BCUT2D eigenvalue weighted by Crippen LogP contribution is -2.24. The Morgan fingerprint density at radius 1 is 1.29 bits per heavy atom. The molecule has 1 atom stereocenters. The summed E-state index contributed by atoms with van der Waals surface area (Å²) >= 11 is 0. The summed E-state index contributed by atoms with van der Waals surface area (Å²) in [6, 6.07) is 6.99. The number of rotatable bonds is 8. The van der Waals surface area contributed by atoms with E-state index in [2.05, 4.69) is 12.2 Å². The van der Waals surface area contributed by atoms with Crippen molar-refractivity contribution in [1.82, 2.24) is 5.32 Å². The summed E-state index contributed by atoms with van der Waals surface area (Å²) in [4.78, 5) is 0. The predicted octanol–water partition coefficient (Wildman–Crippen LogP) is 3.29. The third-order valence-electron chi connectivity index (χ3n) is 2.68. The Morgan fingerprint density at radius 3 is 2.71 bits per heavy atom. The molecule has 0 radical (unpaired) electrons. The first kappa shape index (κ1) is 14.1. The summed E-state index contributed by atoms with van der Waals surface area (Å²) in [7, 11) is 0. The normalized spacial score (nSPS) is 12.6. The van der Waals surface area contributed by atoms with Crippen LogP contribution in [-0.4, -0.2) is 19.8 Å². The molecule has 1 unspecified atom stereocenters. The molecule has 0 saturated carbocycles. The highest BCUT2D eigenvalue weighted by atomic mass is 19.1. The molecule has 0 amide bonds. The van der Waals surface area contributed by atoms with E-state index in [4.69, 9.17) is 4.74 Å². The van der Waals surface area contributed by atoms with Gasteiger partial charge in [0.25, 0.3) is 0 Å². The van der Waals surface area contributed by atoms with Gasteiger partial charge >= 0.3 is 0 Å². The van der Waals surface area contributed by atoms with Crippen LogP contribution in [0.3, 0.4) is 0 Å². The Balaban J connectivity index is 2.64. The van der Waals surface area contributed by atoms with Crippen molar-refractivity contribution in [3.05, 3.63) is 35.6 Å². The van der Waals surface area contributed by atoms with Crippen LogP contribution in [0.5, 0.6) is 0 Å². The number of hydrogen-bond donors (Lipinski definition) is 1. The van der Waals surface area contributed by atoms with E-state index in [1.54, 1.807) is 6.07 Å². The molecule has 96 valence electrons. The van der Waals surface area contributed by atoms with Crippen LogP contribution >= 0.6 is 0 Å². The summed E-state index contributed by atoms with van der Waals surface area (Å²) in [6.07, 6.45) is 1.84. The molecule has 1 N–H and O–H groups in total. The van der Waals surface area contributed by atoms with Crippen molar-refractivity contribution in [3.8, 4) is 0 Å². The number of halogens is 1. The largest absolute Gasteiger partial charge is 0.382 e. The quantitative estimate of drug-likeness (QED) is 0.703. The fraction of sp³-hybridized carbons (Fsp3) is 0.571. The molecule has 0 aliphatic rings. The van der Waals surface area contributed by atoms with Crippen LogP contribution < -0.4 is 5.32 Å². The van der Waals surface area contributed by atoms with E-state index in [-0.39, 0.29) is 11.9 Å². The summed E-state index contributed by atoms with van der Waals surface area (Å²) in [5.41, 5.74) is 0.737. The van der Waals surface area contributed by atoms with Crippen LogP contribution in [0.25, 0.3) is 0 Å². The van der Waals surface area contributed by atoms with Crippen LogP contribution in [0.2, 0.25) is 0 Å². The zero-order valence-corrected chi connectivity index (χ0v) is 10.7. The van der Waals surface area contributed by atoms with Gasteiger partial charge in [-0.3, -0.25) is 0 Å². The predicted molar refractivity (Wildman–Crippen MR) is 68.5 cm³/mol. The molecule has 0 aliphatic carbocycles. The molecule has 1 rings (SSSR count). The maximum absolute atomic E-state index is 13.7.